The normalized spacial score (nSPS) is 14.1. The number of rotatable bonds is 6. The number of hydrogen-bond donors (Lipinski definition) is 0. The van der Waals surface area contributed by atoms with E-state index in [1.165, 1.54) is 10.9 Å². The predicted octanol–water partition coefficient (Wildman–Crippen LogP) is 5.45. The number of fused-ring (bicyclic) bond motifs is 1. The van der Waals surface area contributed by atoms with Crippen molar-refractivity contribution in [2.75, 3.05) is 45.3 Å². The molecule has 6 nitrogen and oxygen atoms in total. The number of aromatic nitrogens is 1. The number of benzene rings is 3. The Morgan fingerprint density at radius 1 is 0.838 bits per heavy atom. The van der Waals surface area contributed by atoms with Gasteiger partial charge in [-0.15, -0.1) is 0 Å². The fourth-order valence-corrected chi connectivity index (χ4v) is 4.80. The number of ether oxygens (including phenoxy) is 2. The molecule has 0 radical (unpaired) electrons. The molecule has 6 heteroatoms. The molecule has 3 aromatic carbocycles. The van der Waals surface area contributed by atoms with Gasteiger partial charge in [-0.25, -0.2) is 4.98 Å². The zero-order valence-corrected chi connectivity index (χ0v) is 21.5. The standard InChI is InChI=1S/C31H31N3O3/c1-22-19-30(32-27-12-8-7-11-25(22)27)33-15-17-34(18-16-33)31(35)26(24-9-5-4-6-10-24)20-23-13-14-28(36-2)29(21-23)37-3/h4-14,19-21H,15-18H2,1-3H3/b26-20+. The zero-order chi connectivity index (χ0) is 25.8. The highest BCUT2D eigenvalue weighted by Crippen LogP contribution is 2.30. The Kier molecular flexibility index (Phi) is 7.08. The van der Waals surface area contributed by atoms with Crippen molar-refractivity contribution in [2.24, 2.45) is 0 Å². The molecule has 5 rings (SSSR count). The van der Waals surface area contributed by atoms with Crippen LogP contribution in [0.25, 0.3) is 22.6 Å². The maximum absolute atomic E-state index is 13.8. The van der Waals surface area contributed by atoms with Crippen LogP contribution in [0, 0.1) is 6.92 Å². The van der Waals surface area contributed by atoms with E-state index in [9.17, 15) is 4.79 Å². The summed E-state index contributed by atoms with van der Waals surface area (Å²) in [4.78, 5) is 22.9. The van der Waals surface area contributed by atoms with Crippen molar-refractivity contribution in [3.05, 3.63) is 95.6 Å². The van der Waals surface area contributed by atoms with Crippen molar-refractivity contribution < 1.29 is 14.3 Å². The summed E-state index contributed by atoms with van der Waals surface area (Å²) in [7, 11) is 3.22. The summed E-state index contributed by atoms with van der Waals surface area (Å²) in [6.45, 7) is 4.84. The molecule has 1 fully saturated rings. The largest absolute Gasteiger partial charge is 0.493 e. The predicted molar refractivity (Wildman–Crippen MR) is 149 cm³/mol. The first-order chi connectivity index (χ1) is 18.1. The Bertz CT molecular complexity index is 1440. The molecule has 1 amide bonds. The third-order valence-electron chi connectivity index (χ3n) is 6.83. The smallest absolute Gasteiger partial charge is 0.254 e. The number of aryl methyl sites for hydroxylation is 1. The molecule has 188 valence electrons. The monoisotopic (exact) mass is 493 g/mol. The maximum atomic E-state index is 13.8. The van der Waals surface area contributed by atoms with E-state index in [0.717, 1.165) is 35.6 Å². The number of anilines is 1. The summed E-state index contributed by atoms with van der Waals surface area (Å²) < 4.78 is 10.8. The minimum absolute atomic E-state index is 0.0169. The van der Waals surface area contributed by atoms with Gasteiger partial charge in [0.05, 0.1) is 19.7 Å². The number of nitrogens with zero attached hydrogens (tertiary/aromatic N) is 3. The average Bonchev–Trinajstić information content (AvgIpc) is 2.96. The Labute approximate surface area is 217 Å². The number of piperazine rings is 1. The van der Waals surface area contributed by atoms with E-state index in [1.54, 1.807) is 14.2 Å². The van der Waals surface area contributed by atoms with Crippen molar-refractivity contribution in [3.63, 3.8) is 0 Å². The molecule has 1 aliphatic heterocycles. The van der Waals surface area contributed by atoms with Gasteiger partial charge in [0.25, 0.3) is 5.91 Å². The number of carbonyl (C=O) groups excluding carboxylic acids is 1. The highest BCUT2D eigenvalue weighted by molar-refractivity contribution is 6.24. The quantitative estimate of drug-likeness (QED) is 0.264. The topological polar surface area (TPSA) is 54.9 Å². The zero-order valence-electron chi connectivity index (χ0n) is 21.5. The molecule has 0 spiro atoms. The second kappa shape index (κ2) is 10.7. The number of para-hydroxylation sites is 1. The minimum atomic E-state index is 0.0169. The van der Waals surface area contributed by atoms with Gasteiger partial charge in [0.15, 0.2) is 11.5 Å². The van der Waals surface area contributed by atoms with Gasteiger partial charge >= 0.3 is 0 Å². The van der Waals surface area contributed by atoms with Crippen molar-refractivity contribution in [2.45, 2.75) is 6.92 Å². The Morgan fingerprint density at radius 3 is 2.27 bits per heavy atom. The Morgan fingerprint density at radius 2 is 1.54 bits per heavy atom. The summed E-state index contributed by atoms with van der Waals surface area (Å²) in [6, 6.07) is 25.9. The summed E-state index contributed by atoms with van der Waals surface area (Å²) in [5.41, 5.74) is 4.63. The van der Waals surface area contributed by atoms with E-state index in [0.29, 0.717) is 30.2 Å². The van der Waals surface area contributed by atoms with Crippen LogP contribution in [0.1, 0.15) is 16.7 Å². The molecule has 0 saturated carbocycles. The summed E-state index contributed by atoms with van der Waals surface area (Å²) in [6.07, 6.45) is 1.93. The van der Waals surface area contributed by atoms with Crippen LogP contribution in [-0.2, 0) is 4.79 Å². The number of amides is 1. The van der Waals surface area contributed by atoms with E-state index >= 15 is 0 Å². The molecule has 1 aliphatic rings. The molecule has 1 saturated heterocycles. The van der Waals surface area contributed by atoms with Gasteiger partial charge < -0.3 is 19.3 Å². The van der Waals surface area contributed by atoms with E-state index < -0.39 is 0 Å². The van der Waals surface area contributed by atoms with Gasteiger partial charge in [-0.05, 0) is 54.0 Å². The molecule has 1 aromatic heterocycles. The molecule has 0 atom stereocenters. The minimum Gasteiger partial charge on any atom is -0.493 e. The summed E-state index contributed by atoms with van der Waals surface area (Å²) in [5, 5.41) is 1.17. The van der Waals surface area contributed by atoms with Crippen LogP contribution in [0.3, 0.4) is 0 Å². The van der Waals surface area contributed by atoms with Crippen molar-refractivity contribution in [1.29, 1.82) is 0 Å². The number of hydrogen-bond acceptors (Lipinski definition) is 5. The SMILES string of the molecule is COc1ccc(/C=C(/C(=O)N2CCN(c3cc(C)c4ccccc4n3)CC2)c2ccccc2)cc1OC. The Balaban J connectivity index is 1.38. The highest BCUT2D eigenvalue weighted by atomic mass is 16.5. The van der Waals surface area contributed by atoms with Crippen LogP contribution in [0.4, 0.5) is 5.82 Å². The number of pyridine rings is 1. The van der Waals surface area contributed by atoms with Crippen molar-refractivity contribution in [3.8, 4) is 11.5 Å². The molecular formula is C31H31N3O3. The Hall–Kier alpha value is -4.32. The fourth-order valence-electron chi connectivity index (χ4n) is 4.80. The molecule has 0 bridgehead atoms. The molecular weight excluding hydrogens is 462 g/mol. The number of carbonyl (C=O) groups is 1. The first kappa shape index (κ1) is 24.4. The molecule has 0 unspecified atom stereocenters. The average molecular weight is 494 g/mol. The lowest BCUT2D eigenvalue weighted by molar-refractivity contribution is -0.125. The van der Waals surface area contributed by atoms with E-state index in [-0.39, 0.29) is 5.91 Å². The first-order valence-electron chi connectivity index (χ1n) is 12.5. The molecule has 2 heterocycles. The van der Waals surface area contributed by atoms with Gasteiger partial charge in [0, 0.05) is 37.1 Å². The van der Waals surface area contributed by atoms with Crippen LogP contribution >= 0.6 is 0 Å². The fraction of sp³-hybridized carbons (Fsp3) is 0.226. The molecule has 4 aromatic rings. The lowest BCUT2D eigenvalue weighted by Gasteiger charge is -2.36. The lowest BCUT2D eigenvalue weighted by atomic mass is 10.0. The van der Waals surface area contributed by atoms with Gasteiger partial charge in [-0.1, -0.05) is 54.6 Å². The summed E-state index contributed by atoms with van der Waals surface area (Å²) in [5.74, 6) is 2.26. The van der Waals surface area contributed by atoms with Crippen LogP contribution in [0.5, 0.6) is 11.5 Å². The first-order valence-corrected chi connectivity index (χ1v) is 12.5. The molecule has 0 N–H and O–H groups in total. The van der Waals surface area contributed by atoms with Gasteiger partial charge in [0.1, 0.15) is 5.82 Å². The third kappa shape index (κ3) is 5.14. The lowest BCUT2D eigenvalue weighted by Crippen LogP contribution is -2.49. The number of methoxy groups -OCH3 is 2. The van der Waals surface area contributed by atoms with E-state index in [1.807, 2.05) is 71.6 Å². The van der Waals surface area contributed by atoms with E-state index in [2.05, 4.69) is 30.0 Å². The van der Waals surface area contributed by atoms with Gasteiger partial charge in [-0.3, -0.25) is 4.79 Å². The van der Waals surface area contributed by atoms with Crippen molar-refractivity contribution in [1.82, 2.24) is 9.88 Å². The van der Waals surface area contributed by atoms with Crippen LogP contribution in [-0.4, -0.2) is 56.2 Å². The third-order valence-corrected chi connectivity index (χ3v) is 6.83. The van der Waals surface area contributed by atoms with Crippen LogP contribution in [0.15, 0.2) is 78.9 Å². The van der Waals surface area contributed by atoms with Crippen molar-refractivity contribution >= 4 is 34.3 Å². The summed E-state index contributed by atoms with van der Waals surface area (Å²) >= 11 is 0. The molecule has 0 aliphatic carbocycles. The van der Waals surface area contributed by atoms with Gasteiger partial charge in [-0.2, -0.15) is 0 Å². The van der Waals surface area contributed by atoms with E-state index in [4.69, 9.17) is 14.5 Å². The maximum Gasteiger partial charge on any atom is 0.254 e. The highest BCUT2D eigenvalue weighted by Gasteiger charge is 2.25. The van der Waals surface area contributed by atoms with Crippen LogP contribution < -0.4 is 14.4 Å². The van der Waals surface area contributed by atoms with Crippen LogP contribution in [0.2, 0.25) is 0 Å². The second-order valence-electron chi connectivity index (χ2n) is 9.13. The van der Waals surface area contributed by atoms with Gasteiger partial charge in [0.2, 0.25) is 0 Å². The second-order valence-corrected chi connectivity index (χ2v) is 9.13. The molecule has 37 heavy (non-hydrogen) atoms.